The second kappa shape index (κ2) is 3.70. The lowest BCUT2D eigenvalue weighted by atomic mass is 10.0. The molecular weight excluding hydrogens is 180 g/mol. The highest BCUT2D eigenvalue weighted by atomic mass is 16.7. The highest BCUT2D eigenvalue weighted by Gasteiger charge is 2.18. The van der Waals surface area contributed by atoms with Crippen molar-refractivity contribution in [2.45, 2.75) is 19.8 Å². The molecule has 0 aromatic heterocycles. The number of rotatable bonds is 3. The Hall–Kier alpha value is -1.51. The second-order valence-electron chi connectivity index (χ2n) is 3.30. The minimum atomic E-state index is 0.285. The fraction of sp³-hybridized carbons (Fsp3) is 0.364. The number of fused-ring (bicyclic) bond motifs is 1. The molecule has 0 fully saturated rings. The van der Waals surface area contributed by atoms with E-state index in [0.29, 0.717) is 6.42 Å². The van der Waals surface area contributed by atoms with Crippen LogP contribution in [0.2, 0.25) is 0 Å². The standard InChI is InChI=1S/C11H12O3/c1-8-4-5-10-11(14-7-13-10)9(8)3-2-6-12/h4-6H,2-3,7H2,1H3. The summed E-state index contributed by atoms with van der Waals surface area (Å²) in [6.07, 6.45) is 2.18. The molecule has 1 heterocycles. The summed E-state index contributed by atoms with van der Waals surface area (Å²) in [5, 5.41) is 0. The van der Waals surface area contributed by atoms with E-state index in [1.807, 2.05) is 19.1 Å². The van der Waals surface area contributed by atoms with Crippen molar-refractivity contribution in [1.29, 1.82) is 0 Å². The first-order chi connectivity index (χ1) is 6.83. The molecule has 1 aromatic rings. The van der Waals surface area contributed by atoms with Gasteiger partial charge < -0.3 is 14.3 Å². The number of aldehydes is 1. The Balaban J connectivity index is 2.36. The zero-order valence-corrected chi connectivity index (χ0v) is 8.08. The van der Waals surface area contributed by atoms with Crippen LogP contribution in [-0.2, 0) is 11.2 Å². The lowest BCUT2D eigenvalue weighted by Crippen LogP contribution is -1.96. The predicted molar refractivity (Wildman–Crippen MR) is 51.7 cm³/mol. The maximum atomic E-state index is 10.3. The van der Waals surface area contributed by atoms with Gasteiger partial charge in [-0.05, 0) is 25.0 Å². The summed E-state index contributed by atoms with van der Waals surface area (Å²) in [5.41, 5.74) is 2.24. The Labute approximate surface area is 82.6 Å². The van der Waals surface area contributed by atoms with Crippen LogP contribution in [0.4, 0.5) is 0 Å². The highest BCUT2D eigenvalue weighted by molar-refractivity contribution is 5.55. The van der Waals surface area contributed by atoms with Crippen molar-refractivity contribution in [3.8, 4) is 11.5 Å². The molecule has 0 spiro atoms. The van der Waals surface area contributed by atoms with Crippen LogP contribution in [0.15, 0.2) is 12.1 Å². The molecule has 0 unspecified atom stereocenters. The zero-order chi connectivity index (χ0) is 9.97. The minimum absolute atomic E-state index is 0.285. The maximum absolute atomic E-state index is 10.3. The molecule has 0 radical (unpaired) electrons. The lowest BCUT2D eigenvalue weighted by molar-refractivity contribution is -0.107. The molecule has 1 aliphatic heterocycles. The van der Waals surface area contributed by atoms with Crippen LogP contribution in [0, 0.1) is 6.92 Å². The molecule has 0 aliphatic carbocycles. The van der Waals surface area contributed by atoms with Crippen LogP contribution in [0.5, 0.6) is 11.5 Å². The predicted octanol–water partition coefficient (Wildman–Crippen LogP) is 1.86. The summed E-state index contributed by atoms with van der Waals surface area (Å²) < 4.78 is 10.6. The van der Waals surface area contributed by atoms with Crippen molar-refractivity contribution in [3.63, 3.8) is 0 Å². The molecule has 0 N–H and O–H groups in total. The van der Waals surface area contributed by atoms with E-state index in [9.17, 15) is 4.79 Å². The SMILES string of the molecule is Cc1ccc2c(c1CCC=O)OCO2. The van der Waals surface area contributed by atoms with Crippen molar-refractivity contribution in [3.05, 3.63) is 23.3 Å². The number of hydrogen-bond acceptors (Lipinski definition) is 3. The van der Waals surface area contributed by atoms with Crippen LogP contribution in [0.3, 0.4) is 0 Å². The molecule has 0 atom stereocenters. The lowest BCUT2D eigenvalue weighted by Gasteiger charge is -2.07. The third-order valence-electron chi connectivity index (χ3n) is 2.39. The van der Waals surface area contributed by atoms with E-state index in [2.05, 4.69) is 0 Å². The Morgan fingerprint density at radius 3 is 3.07 bits per heavy atom. The van der Waals surface area contributed by atoms with Crippen LogP contribution in [0.1, 0.15) is 17.5 Å². The van der Waals surface area contributed by atoms with Crippen molar-refractivity contribution >= 4 is 6.29 Å². The zero-order valence-electron chi connectivity index (χ0n) is 8.08. The maximum Gasteiger partial charge on any atom is 0.231 e. The summed E-state index contributed by atoms with van der Waals surface area (Å²) in [7, 11) is 0. The van der Waals surface area contributed by atoms with Gasteiger partial charge in [0.1, 0.15) is 6.29 Å². The van der Waals surface area contributed by atoms with E-state index in [0.717, 1.165) is 35.3 Å². The first-order valence-corrected chi connectivity index (χ1v) is 4.64. The second-order valence-corrected chi connectivity index (χ2v) is 3.30. The van der Waals surface area contributed by atoms with Crippen LogP contribution in [-0.4, -0.2) is 13.1 Å². The van der Waals surface area contributed by atoms with Crippen molar-refractivity contribution < 1.29 is 14.3 Å². The van der Waals surface area contributed by atoms with E-state index in [-0.39, 0.29) is 6.79 Å². The fourth-order valence-electron chi connectivity index (χ4n) is 1.64. The molecule has 0 amide bonds. The van der Waals surface area contributed by atoms with E-state index in [1.165, 1.54) is 0 Å². The largest absolute Gasteiger partial charge is 0.454 e. The first kappa shape index (κ1) is 9.06. The topological polar surface area (TPSA) is 35.5 Å². The fourth-order valence-corrected chi connectivity index (χ4v) is 1.64. The van der Waals surface area contributed by atoms with Crippen LogP contribution in [0.25, 0.3) is 0 Å². The van der Waals surface area contributed by atoms with Gasteiger partial charge in [-0.25, -0.2) is 0 Å². The number of carbonyl (C=O) groups excluding carboxylic acids is 1. The monoisotopic (exact) mass is 192 g/mol. The molecule has 3 heteroatoms. The Bertz CT molecular complexity index is 358. The van der Waals surface area contributed by atoms with Gasteiger partial charge >= 0.3 is 0 Å². The highest BCUT2D eigenvalue weighted by Crippen LogP contribution is 2.37. The van der Waals surface area contributed by atoms with Crippen LogP contribution >= 0.6 is 0 Å². The molecule has 0 bridgehead atoms. The third-order valence-corrected chi connectivity index (χ3v) is 2.39. The van der Waals surface area contributed by atoms with E-state index >= 15 is 0 Å². The summed E-state index contributed by atoms with van der Waals surface area (Å²) in [5.74, 6) is 1.60. The molecule has 0 saturated carbocycles. The first-order valence-electron chi connectivity index (χ1n) is 4.64. The van der Waals surface area contributed by atoms with Gasteiger partial charge in [0.25, 0.3) is 0 Å². The number of hydrogen-bond donors (Lipinski definition) is 0. The van der Waals surface area contributed by atoms with E-state index < -0.39 is 0 Å². The molecule has 3 nitrogen and oxygen atoms in total. The van der Waals surface area contributed by atoms with Gasteiger partial charge in [-0.1, -0.05) is 6.07 Å². The van der Waals surface area contributed by atoms with Gasteiger partial charge in [0.2, 0.25) is 6.79 Å². The molecular formula is C11H12O3. The van der Waals surface area contributed by atoms with Gasteiger partial charge in [0, 0.05) is 12.0 Å². The molecule has 2 rings (SSSR count). The summed E-state index contributed by atoms with van der Waals surface area (Å²) >= 11 is 0. The van der Waals surface area contributed by atoms with Gasteiger partial charge in [0.15, 0.2) is 11.5 Å². The number of carbonyl (C=O) groups is 1. The molecule has 14 heavy (non-hydrogen) atoms. The number of aryl methyl sites for hydroxylation is 1. The van der Waals surface area contributed by atoms with Gasteiger partial charge in [-0.15, -0.1) is 0 Å². The van der Waals surface area contributed by atoms with E-state index in [1.54, 1.807) is 0 Å². The summed E-state index contributed by atoms with van der Waals surface area (Å²) in [4.78, 5) is 10.3. The molecule has 74 valence electrons. The average Bonchev–Trinajstić information content (AvgIpc) is 2.64. The smallest absolute Gasteiger partial charge is 0.231 e. The molecule has 1 aromatic carbocycles. The van der Waals surface area contributed by atoms with Gasteiger partial charge in [-0.3, -0.25) is 0 Å². The number of ether oxygens (including phenoxy) is 2. The Kier molecular flexibility index (Phi) is 2.39. The Morgan fingerprint density at radius 2 is 2.29 bits per heavy atom. The Morgan fingerprint density at radius 1 is 1.43 bits per heavy atom. The van der Waals surface area contributed by atoms with Crippen molar-refractivity contribution in [2.75, 3.05) is 6.79 Å². The van der Waals surface area contributed by atoms with Gasteiger partial charge in [0.05, 0.1) is 0 Å². The average molecular weight is 192 g/mol. The van der Waals surface area contributed by atoms with Gasteiger partial charge in [-0.2, -0.15) is 0 Å². The van der Waals surface area contributed by atoms with Crippen molar-refractivity contribution in [1.82, 2.24) is 0 Å². The van der Waals surface area contributed by atoms with Crippen molar-refractivity contribution in [2.24, 2.45) is 0 Å². The third kappa shape index (κ3) is 1.45. The van der Waals surface area contributed by atoms with Crippen LogP contribution < -0.4 is 9.47 Å². The number of benzene rings is 1. The molecule has 0 saturated heterocycles. The minimum Gasteiger partial charge on any atom is -0.454 e. The summed E-state index contributed by atoms with van der Waals surface area (Å²) in [6.45, 7) is 2.30. The molecule has 1 aliphatic rings. The normalized spacial score (nSPS) is 12.9. The quantitative estimate of drug-likeness (QED) is 0.685. The van der Waals surface area contributed by atoms with E-state index in [4.69, 9.17) is 9.47 Å². The summed E-state index contributed by atoms with van der Waals surface area (Å²) in [6, 6.07) is 3.90.